The van der Waals surface area contributed by atoms with Crippen LogP contribution in [-0.4, -0.2) is 31.1 Å². The lowest BCUT2D eigenvalue weighted by atomic mass is 10.2. The summed E-state index contributed by atoms with van der Waals surface area (Å²) in [7, 11) is 0. The minimum atomic E-state index is -0.918. The number of carboxylic acids is 1. The Morgan fingerprint density at radius 1 is 1.26 bits per heavy atom. The van der Waals surface area contributed by atoms with Crippen molar-refractivity contribution in [2.45, 2.75) is 30.9 Å². The maximum atomic E-state index is 11.2. The Kier molecular flexibility index (Phi) is 6.03. The predicted octanol–water partition coefficient (Wildman–Crippen LogP) is 4.37. The molecule has 0 bridgehead atoms. The van der Waals surface area contributed by atoms with Gasteiger partial charge in [-0.3, -0.25) is 9.36 Å². The van der Waals surface area contributed by atoms with E-state index in [1.54, 1.807) is 23.6 Å². The van der Waals surface area contributed by atoms with E-state index in [1.807, 2.05) is 43.3 Å². The number of carbonyl (C=O) groups is 1. The minimum absolute atomic E-state index is 0.187. The van der Waals surface area contributed by atoms with Crippen LogP contribution in [0.4, 0.5) is 0 Å². The van der Waals surface area contributed by atoms with Crippen molar-refractivity contribution in [1.82, 2.24) is 14.8 Å². The molecule has 140 valence electrons. The molecule has 27 heavy (non-hydrogen) atoms. The number of aryl methyl sites for hydroxylation is 1. The number of hydrogen-bond acceptors (Lipinski definition) is 5. The number of para-hydroxylation sites is 1. The Balaban J connectivity index is 1.94. The van der Waals surface area contributed by atoms with Crippen LogP contribution in [0.1, 0.15) is 18.3 Å². The van der Waals surface area contributed by atoms with Crippen molar-refractivity contribution >= 4 is 29.3 Å². The molecule has 1 N–H and O–H groups in total. The monoisotopic (exact) mass is 403 g/mol. The summed E-state index contributed by atoms with van der Waals surface area (Å²) in [5.41, 5.74) is 1.76. The Morgan fingerprint density at radius 3 is 2.74 bits per heavy atom. The van der Waals surface area contributed by atoms with Crippen molar-refractivity contribution in [3.05, 3.63) is 64.9 Å². The summed E-state index contributed by atoms with van der Waals surface area (Å²) in [6, 6.07) is 14.9. The highest BCUT2D eigenvalue weighted by Crippen LogP contribution is 2.28. The van der Waals surface area contributed by atoms with Gasteiger partial charge < -0.3 is 9.84 Å². The second-order valence-electron chi connectivity index (χ2n) is 5.87. The zero-order chi connectivity index (χ0) is 19.4. The minimum Gasteiger partial charge on any atom is -0.485 e. The van der Waals surface area contributed by atoms with Crippen LogP contribution >= 0.6 is 23.4 Å². The number of ether oxygens (including phenoxy) is 1. The first-order chi connectivity index (χ1) is 13.0. The van der Waals surface area contributed by atoms with Crippen LogP contribution in [0.3, 0.4) is 0 Å². The SMILES string of the molecule is Cc1ccccc1OCc1nnc(SC(C)C(=O)O)n1-c1cccc(Cl)c1. The summed E-state index contributed by atoms with van der Waals surface area (Å²) in [6.45, 7) is 3.76. The van der Waals surface area contributed by atoms with Crippen molar-refractivity contribution in [2.75, 3.05) is 0 Å². The number of nitrogens with zero attached hydrogens (tertiary/aromatic N) is 3. The van der Waals surface area contributed by atoms with Crippen LogP contribution in [0.15, 0.2) is 53.7 Å². The van der Waals surface area contributed by atoms with E-state index in [0.717, 1.165) is 28.8 Å². The van der Waals surface area contributed by atoms with Gasteiger partial charge in [-0.2, -0.15) is 0 Å². The molecule has 0 aliphatic heterocycles. The van der Waals surface area contributed by atoms with E-state index < -0.39 is 11.2 Å². The summed E-state index contributed by atoms with van der Waals surface area (Å²) >= 11 is 7.25. The van der Waals surface area contributed by atoms with Gasteiger partial charge in [0.1, 0.15) is 17.6 Å². The highest BCUT2D eigenvalue weighted by Gasteiger charge is 2.21. The Labute approximate surface area is 166 Å². The molecule has 0 fully saturated rings. The smallest absolute Gasteiger partial charge is 0.316 e. The summed E-state index contributed by atoms with van der Waals surface area (Å²) in [6.07, 6.45) is 0. The third kappa shape index (κ3) is 4.61. The molecule has 8 heteroatoms. The average molecular weight is 404 g/mol. The summed E-state index contributed by atoms with van der Waals surface area (Å²) in [5.74, 6) is 0.394. The second-order valence-corrected chi connectivity index (χ2v) is 7.61. The number of hydrogen-bond donors (Lipinski definition) is 1. The molecule has 0 saturated heterocycles. The molecule has 0 spiro atoms. The van der Waals surface area contributed by atoms with Crippen molar-refractivity contribution in [2.24, 2.45) is 0 Å². The molecule has 3 aromatic rings. The van der Waals surface area contributed by atoms with E-state index in [2.05, 4.69) is 10.2 Å². The molecule has 0 aliphatic rings. The van der Waals surface area contributed by atoms with Crippen molar-refractivity contribution in [3.63, 3.8) is 0 Å². The number of thioether (sulfide) groups is 1. The van der Waals surface area contributed by atoms with Gasteiger partial charge in [0.05, 0.1) is 5.69 Å². The van der Waals surface area contributed by atoms with Crippen LogP contribution in [0, 0.1) is 6.92 Å². The maximum Gasteiger partial charge on any atom is 0.316 e. The molecular weight excluding hydrogens is 386 g/mol. The number of aromatic nitrogens is 3. The Bertz CT molecular complexity index is 961. The predicted molar refractivity (Wildman–Crippen MR) is 105 cm³/mol. The van der Waals surface area contributed by atoms with E-state index >= 15 is 0 Å². The highest BCUT2D eigenvalue weighted by molar-refractivity contribution is 8.00. The molecule has 1 unspecified atom stereocenters. The topological polar surface area (TPSA) is 77.2 Å². The molecule has 0 aliphatic carbocycles. The van der Waals surface area contributed by atoms with Crippen molar-refractivity contribution in [3.8, 4) is 11.4 Å². The van der Waals surface area contributed by atoms with Crippen molar-refractivity contribution < 1.29 is 14.6 Å². The molecule has 6 nitrogen and oxygen atoms in total. The van der Waals surface area contributed by atoms with Crippen LogP contribution in [0.5, 0.6) is 5.75 Å². The number of aliphatic carboxylic acids is 1. The summed E-state index contributed by atoms with van der Waals surface area (Å²) in [4.78, 5) is 11.2. The van der Waals surface area contributed by atoms with Gasteiger partial charge in [-0.1, -0.05) is 47.6 Å². The van der Waals surface area contributed by atoms with E-state index in [9.17, 15) is 9.90 Å². The summed E-state index contributed by atoms with van der Waals surface area (Å²) < 4.78 is 7.67. The first kappa shape index (κ1) is 19.3. The molecule has 0 radical (unpaired) electrons. The lowest BCUT2D eigenvalue weighted by molar-refractivity contribution is -0.136. The Morgan fingerprint density at radius 2 is 2.04 bits per heavy atom. The van der Waals surface area contributed by atoms with Gasteiger partial charge in [-0.15, -0.1) is 10.2 Å². The van der Waals surface area contributed by atoms with Gasteiger partial charge in [0.15, 0.2) is 11.0 Å². The third-order valence-electron chi connectivity index (χ3n) is 3.85. The fourth-order valence-corrected chi connectivity index (χ4v) is 3.42. The molecular formula is C19H18ClN3O3S. The molecule has 2 aromatic carbocycles. The number of rotatable bonds is 7. The van der Waals surface area contributed by atoms with Gasteiger partial charge >= 0.3 is 5.97 Å². The van der Waals surface area contributed by atoms with Crippen LogP contribution in [-0.2, 0) is 11.4 Å². The average Bonchev–Trinajstić information content (AvgIpc) is 3.03. The zero-order valence-electron chi connectivity index (χ0n) is 14.8. The first-order valence-corrected chi connectivity index (χ1v) is 9.49. The van der Waals surface area contributed by atoms with Gasteiger partial charge in [0.25, 0.3) is 0 Å². The summed E-state index contributed by atoms with van der Waals surface area (Å²) in [5, 5.41) is 18.0. The van der Waals surface area contributed by atoms with E-state index in [4.69, 9.17) is 16.3 Å². The maximum absolute atomic E-state index is 11.2. The standard InChI is InChI=1S/C19H18ClN3O3S/c1-12-6-3-4-9-16(12)26-11-17-21-22-19(27-13(2)18(24)25)23(17)15-8-5-7-14(20)10-15/h3-10,13H,11H2,1-2H3,(H,24,25). The second kappa shape index (κ2) is 8.45. The van der Waals surface area contributed by atoms with Crippen LogP contribution < -0.4 is 4.74 Å². The lowest BCUT2D eigenvalue weighted by Gasteiger charge is -2.13. The van der Waals surface area contributed by atoms with Crippen molar-refractivity contribution in [1.29, 1.82) is 0 Å². The number of carboxylic acid groups (broad SMARTS) is 1. The molecule has 1 heterocycles. The third-order valence-corrected chi connectivity index (χ3v) is 5.11. The van der Waals surface area contributed by atoms with Gasteiger partial charge in [-0.25, -0.2) is 0 Å². The molecule has 1 aromatic heterocycles. The van der Waals surface area contributed by atoms with Crippen LogP contribution in [0.25, 0.3) is 5.69 Å². The fraction of sp³-hybridized carbons (Fsp3) is 0.211. The van der Waals surface area contributed by atoms with Gasteiger partial charge in [-0.05, 0) is 43.7 Å². The molecule has 0 saturated carbocycles. The number of benzene rings is 2. The molecule has 3 rings (SSSR count). The number of halogens is 1. The lowest BCUT2D eigenvalue weighted by Crippen LogP contribution is -2.13. The largest absolute Gasteiger partial charge is 0.485 e. The van der Waals surface area contributed by atoms with Gasteiger partial charge in [0.2, 0.25) is 0 Å². The van der Waals surface area contributed by atoms with E-state index in [-0.39, 0.29) is 6.61 Å². The Hall–Kier alpha value is -2.51. The van der Waals surface area contributed by atoms with Gasteiger partial charge in [0, 0.05) is 5.02 Å². The molecule has 1 atom stereocenters. The van der Waals surface area contributed by atoms with E-state index in [0.29, 0.717) is 16.0 Å². The molecule has 0 amide bonds. The zero-order valence-corrected chi connectivity index (χ0v) is 16.4. The van der Waals surface area contributed by atoms with Crippen LogP contribution in [0.2, 0.25) is 5.02 Å². The normalized spacial score (nSPS) is 12.0. The van der Waals surface area contributed by atoms with E-state index in [1.165, 1.54) is 0 Å². The first-order valence-electron chi connectivity index (χ1n) is 8.24. The highest BCUT2D eigenvalue weighted by atomic mass is 35.5. The fourth-order valence-electron chi connectivity index (χ4n) is 2.41. The quantitative estimate of drug-likeness (QED) is 0.590.